The van der Waals surface area contributed by atoms with Crippen molar-refractivity contribution in [1.29, 1.82) is 0 Å². The highest BCUT2D eigenvalue weighted by molar-refractivity contribution is 5.99. The number of nitrogens with zero attached hydrogens (tertiary/aromatic N) is 2. The van der Waals surface area contributed by atoms with E-state index < -0.39 is 11.2 Å². The summed E-state index contributed by atoms with van der Waals surface area (Å²) in [5.41, 5.74) is 3.84. The van der Waals surface area contributed by atoms with E-state index in [0.717, 1.165) is 42.1 Å². The molecule has 2 aliphatic carbocycles. The van der Waals surface area contributed by atoms with Crippen molar-refractivity contribution in [1.82, 2.24) is 9.97 Å². The van der Waals surface area contributed by atoms with Crippen molar-refractivity contribution in [3.05, 3.63) is 78.0 Å². The zero-order valence-corrected chi connectivity index (χ0v) is 16.1. The first kappa shape index (κ1) is 18.0. The van der Waals surface area contributed by atoms with E-state index in [2.05, 4.69) is 39.6 Å². The maximum Gasteiger partial charge on any atom is 0.236 e. The Morgan fingerprint density at radius 2 is 1.69 bits per heavy atom. The third-order valence-corrected chi connectivity index (χ3v) is 6.16. The third kappa shape index (κ3) is 3.41. The molecule has 0 aliphatic heterocycles. The summed E-state index contributed by atoms with van der Waals surface area (Å²) in [5, 5.41) is 2.85. The molecule has 5 rings (SSSR count). The van der Waals surface area contributed by atoms with Gasteiger partial charge in [-0.05, 0) is 55.0 Å². The summed E-state index contributed by atoms with van der Waals surface area (Å²) in [6.45, 7) is 0. The van der Waals surface area contributed by atoms with Crippen molar-refractivity contribution >= 4 is 11.7 Å². The minimum absolute atomic E-state index is 0.0777. The number of carbonyl (C=O) groups excluding carboxylic acids is 1. The van der Waals surface area contributed by atoms with Gasteiger partial charge in [-0.2, -0.15) is 0 Å². The molecular weight excluding hydrogens is 365 g/mol. The van der Waals surface area contributed by atoms with E-state index in [-0.39, 0.29) is 5.91 Å². The average molecular weight is 387 g/mol. The molecule has 3 aromatic rings. The highest BCUT2D eigenvalue weighted by atomic mass is 19.1. The van der Waals surface area contributed by atoms with Crippen LogP contribution in [0.15, 0.2) is 60.9 Å². The zero-order valence-electron chi connectivity index (χ0n) is 16.1. The smallest absolute Gasteiger partial charge is 0.236 e. The molecular formula is C24H22FN3O. The fourth-order valence-electron chi connectivity index (χ4n) is 4.04. The number of hydrogen-bond acceptors (Lipinski definition) is 3. The Labute approximate surface area is 169 Å². The SMILES string of the molecule is O=C(Nc1ccc(F)cn1)C1(c2ccc(-c3ccc(C4CC4)nc3)cc2)CCC1. The van der Waals surface area contributed by atoms with E-state index in [0.29, 0.717) is 11.7 Å². The summed E-state index contributed by atoms with van der Waals surface area (Å²) in [6.07, 6.45) is 8.17. The molecule has 1 amide bonds. The summed E-state index contributed by atoms with van der Waals surface area (Å²) >= 11 is 0. The van der Waals surface area contributed by atoms with Gasteiger partial charge in [-0.25, -0.2) is 9.37 Å². The second kappa shape index (κ2) is 7.07. The second-order valence-corrected chi connectivity index (χ2v) is 8.07. The van der Waals surface area contributed by atoms with E-state index in [4.69, 9.17) is 0 Å². The van der Waals surface area contributed by atoms with Gasteiger partial charge in [0.2, 0.25) is 5.91 Å². The van der Waals surface area contributed by atoms with E-state index in [1.54, 1.807) is 0 Å². The van der Waals surface area contributed by atoms with Gasteiger partial charge in [-0.3, -0.25) is 9.78 Å². The first-order valence-electron chi connectivity index (χ1n) is 10.1. The Hall–Kier alpha value is -3.08. The van der Waals surface area contributed by atoms with Gasteiger partial charge in [0.25, 0.3) is 0 Å². The molecule has 0 saturated heterocycles. The molecule has 2 saturated carbocycles. The van der Waals surface area contributed by atoms with Gasteiger partial charge in [-0.15, -0.1) is 0 Å². The molecule has 0 atom stereocenters. The maximum absolute atomic E-state index is 13.1. The number of nitrogens with one attached hydrogen (secondary N) is 1. The molecule has 1 N–H and O–H groups in total. The van der Waals surface area contributed by atoms with Crippen LogP contribution in [0.4, 0.5) is 10.2 Å². The van der Waals surface area contributed by atoms with Crippen molar-refractivity contribution < 1.29 is 9.18 Å². The Morgan fingerprint density at radius 3 is 2.24 bits per heavy atom. The molecule has 0 bridgehead atoms. The molecule has 4 nitrogen and oxygen atoms in total. The fourth-order valence-corrected chi connectivity index (χ4v) is 4.04. The molecule has 5 heteroatoms. The minimum atomic E-state index is -0.539. The number of carbonyl (C=O) groups is 1. The number of halogens is 1. The Morgan fingerprint density at radius 1 is 0.931 bits per heavy atom. The van der Waals surface area contributed by atoms with Crippen LogP contribution < -0.4 is 5.32 Å². The van der Waals surface area contributed by atoms with Gasteiger partial charge >= 0.3 is 0 Å². The molecule has 29 heavy (non-hydrogen) atoms. The monoisotopic (exact) mass is 387 g/mol. The lowest BCUT2D eigenvalue weighted by Crippen LogP contribution is -2.46. The summed E-state index contributed by atoms with van der Waals surface area (Å²) in [6, 6.07) is 15.2. The Bertz CT molecular complexity index is 1020. The number of anilines is 1. The van der Waals surface area contributed by atoms with Crippen molar-refractivity contribution in [3.8, 4) is 11.1 Å². The molecule has 146 valence electrons. The average Bonchev–Trinajstić information content (AvgIpc) is 3.55. The number of rotatable bonds is 5. The van der Waals surface area contributed by atoms with Gasteiger partial charge in [0.1, 0.15) is 11.6 Å². The maximum atomic E-state index is 13.1. The lowest BCUT2D eigenvalue weighted by Gasteiger charge is -2.40. The Balaban J connectivity index is 1.35. The minimum Gasteiger partial charge on any atom is -0.310 e. The van der Waals surface area contributed by atoms with E-state index in [1.165, 1.54) is 30.7 Å². The zero-order chi connectivity index (χ0) is 19.8. The predicted octanol–water partition coefficient (Wildman–Crippen LogP) is 5.22. The highest BCUT2D eigenvalue weighted by Gasteiger charge is 2.45. The molecule has 1 aromatic carbocycles. The van der Waals surface area contributed by atoms with Gasteiger partial charge in [0, 0.05) is 23.4 Å². The van der Waals surface area contributed by atoms with Crippen LogP contribution >= 0.6 is 0 Å². The van der Waals surface area contributed by atoms with Crippen molar-refractivity contribution in [2.75, 3.05) is 5.32 Å². The van der Waals surface area contributed by atoms with Crippen LogP contribution in [0.2, 0.25) is 0 Å². The van der Waals surface area contributed by atoms with E-state index in [1.807, 2.05) is 18.3 Å². The van der Waals surface area contributed by atoms with Gasteiger partial charge in [0.15, 0.2) is 0 Å². The van der Waals surface area contributed by atoms with Crippen LogP contribution in [-0.2, 0) is 10.2 Å². The fraction of sp³-hybridized carbons (Fsp3) is 0.292. The van der Waals surface area contributed by atoms with Crippen molar-refractivity contribution in [3.63, 3.8) is 0 Å². The van der Waals surface area contributed by atoms with Crippen LogP contribution in [0.5, 0.6) is 0 Å². The molecule has 2 aromatic heterocycles. The van der Waals surface area contributed by atoms with Crippen LogP contribution in [0.1, 0.15) is 49.3 Å². The van der Waals surface area contributed by atoms with Gasteiger partial charge in [0.05, 0.1) is 11.6 Å². The van der Waals surface area contributed by atoms with E-state index in [9.17, 15) is 9.18 Å². The van der Waals surface area contributed by atoms with Crippen LogP contribution in [0.3, 0.4) is 0 Å². The summed E-state index contributed by atoms with van der Waals surface area (Å²) < 4.78 is 13.1. The lowest BCUT2D eigenvalue weighted by molar-refractivity contribution is -0.124. The number of benzene rings is 1. The van der Waals surface area contributed by atoms with Crippen LogP contribution in [-0.4, -0.2) is 15.9 Å². The van der Waals surface area contributed by atoms with E-state index >= 15 is 0 Å². The first-order chi connectivity index (χ1) is 14.1. The molecule has 2 aliphatic rings. The van der Waals surface area contributed by atoms with Gasteiger partial charge < -0.3 is 5.32 Å². The first-order valence-corrected chi connectivity index (χ1v) is 10.1. The number of aromatic nitrogens is 2. The second-order valence-electron chi connectivity index (χ2n) is 8.07. The largest absolute Gasteiger partial charge is 0.310 e. The number of pyridine rings is 2. The molecule has 2 heterocycles. The molecule has 0 unspecified atom stereocenters. The third-order valence-electron chi connectivity index (χ3n) is 6.16. The number of amides is 1. The molecule has 2 fully saturated rings. The molecule has 0 radical (unpaired) electrons. The topological polar surface area (TPSA) is 54.9 Å². The predicted molar refractivity (Wildman–Crippen MR) is 110 cm³/mol. The van der Waals surface area contributed by atoms with Crippen LogP contribution in [0, 0.1) is 5.82 Å². The summed E-state index contributed by atoms with van der Waals surface area (Å²) in [5.74, 6) is 0.530. The van der Waals surface area contributed by atoms with Gasteiger partial charge in [-0.1, -0.05) is 36.8 Å². The van der Waals surface area contributed by atoms with Crippen molar-refractivity contribution in [2.45, 2.75) is 43.4 Å². The lowest BCUT2D eigenvalue weighted by atomic mass is 9.63. The standard InChI is InChI=1S/C24H22FN3O/c25-20-9-11-22(27-15-20)28-23(29)24(12-1-13-24)19-7-4-16(5-8-19)18-6-10-21(26-14-18)17-2-3-17/h4-11,14-15,17H,1-3,12-13H2,(H,27,28,29). The van der Waals surface area contributed by atoms with Crippen molar-refractivity contribution in [2.24, 2.45) is 0 Å². The molecule has 0 spiro atoms. The highest BCUT2D eigenvalue weighted by Crippen LogP contribution is 2.45. The quantitative estimate of drug-likeness (QED) is 0.653. The summed E-state index contributed by atoms with van der Waals surface area (Å²) in [4.78, 5) is 21.6. The number of hydrogen-bond donors (Lipinski definition) is 1. The van der Waals surface area contributed by atoms with Crippen LogP contribution in [0.25, 0.3) is 11.1 Å². The Kier molecular flexibility index (Phi) is 4.38. The normalized spacial score (nSPS) is 17.4. The summed E-state index contributed by atoms with van der Waals surface area (Å²) in [7, 11) is 0.